The highest BCUT2D eigenvalue weighted by Gasteiger charge is 2.16. The summed E-state index contributed by atoms with van der Waals surface area (Å²) in [6.45, 7) is 0. The van der Waals surface area contributed by atoms with Crippen molar-refractivity contribution in [3.8, 4) is 56.1 Å². The van der Waals surface area contributed by atoms with Crippen molar-refractivity contribution in [2.75, 3.05) is 0 Å². The fourth-order valence-electron chi connectivity index (χ4n) is 6.97. The average Bonchev–Trinajstić information content (AvgIpc) is 3.75. The predicted molar refractivity (Wildman–Crippen MR) is 202 cm³/mol. The Morgan fingerprint density at radius 2 is 0.604 bits per heavy atom. The summed E-state index contributed by atoms with van der Waals surface area (Å²) >= 11 is 0. The summed E-state index contributed by atoms with van der Waals surface area (Å²) in [7, 11) is 0. The molecule has 0 saturated heterocycles. The van der Waals surface area contributed by atoms with Crippen molar-refractivity contribution in [1.29, 1.82) is 0 Å². The van der Waals surface area contributed by atoms with Gasteiger partial charge in [0.15, 0.2) is 0 Å². The van der Waals surface area contributed by atoms with Crippen LogP contribution in [-0.2, 0) is 0 Å². The molecule has 9 aromatic rings. The zero-order valence-corrected chi connectivity index (χ0v) is 26.4. The zero-order valence-electron chi connectivity index (χ0n) is 26.4. The van der Waals surface area contributed by atoms with E-state index in [1.54, 1.807) is 0 Å². The number of hydrogen-bond donors (Lipinski definition) is 0. The lowest BCUT2D eigenvalue weighted by Crippen LogP contribution is -1.97. The predicted octanol–water partition coefficient (Wildman–Crippen LogP) is 12.2. The molecule has 0 unspecified atom stereocenters. The van der Waals surface area contributed by atoms with Gasteiger partial charge in [-0.25, -0.2) is 0 Å². The first-order chi connectivity index (χ1) is 23.8. The molecule has 0 spiro atoms. The van der Waals surface area contributed by atoms with Crippen LogP contribution in [0.1, 0.15) is 0 Å². The van der Waals surface area contributed by atoms with Crippen molar-refractivity contribution < 1.29 is 0 Å². The SMILES string of the molecule is c1ccc(-c2ccc(-n3c(-c4ccccc4)cc4ccc(-c5ccc6cc(-c7ccccc7)n(-c7ccccc7)c6c5)cc43)cc2)cc1. The maximum absolute atomic E-state index is 2.40. The molecule has 0 fully saturated rings. The third-order valence-electron chi connectivity index (χ3n) is 9.33. The van der Waals surface area contributed by atoms with Crippen LogP contribution < -0.4 is 0 Å². The van der Waals surface area contributed by atoms with E-state index < -0.39 is 0 Å². The molecule has 0 bridgehead atoms. The molecule has 48 heavy (non-hydrogen) atoms. The first kappa shape index (κ1) is 27.9. The normalized spacial score (nSPS) is 11.3. The molecule has 0 amide bonds. The average molecular weight is 613 g/mol. The number of benzene rings is 7. The minimum atomic E-state index is 1.14. The molecule has 2 heterocycles. The molecule has 2 heteroatoms. The Morgan fingerprint density at radius 3 is 1.06 bits per heavy atom. The Balaban J connectivity index is 1.22. The maximum atomic E-state index is 2.40. The highest BCUT2D eigenvalue weighted by Crippen LogP contribution is 2.37. The third kappa shape index (κ3) is 4.92. The molecule has 0 aliphatic heterocycles. The monoisotopic (exact) mass is 612 g/mol. The topological polar surface area (TPSA) is 9.86 Å². The zero-order chi connectivity index (χ0) is 31.9. The number of fused-ring (bicyclic) bond motifs is 2. The molecular weight excluding hydrogens is 581 g/mol. The van der Waals surface area contributed by atoms with E-state index in [1.165, 1.54) is 66.6 Å². The molecular formula is C46H32N2. The molecule has 7 aromatic carbocycles. The van der Waals surface area contributed by atoms with Gasteiger partial charge in [0, 0.05) is 22.1 Å². The highest BCUT2D eigenvalue weighted by atomic mass is 15.0. The molecule has 226 valence electrons. The fraction of sp³-hybridized carbons (Fsp3) is 0. The highest BCUT2D eigenvalue weighted by molar-refractivity contribution is 5.95. The Morgan fingerprint density at radius 1 is 0.250 bits per heavy atom. The van der Waals surface area contributed by atoms with Crippen LogP contribution >= 0.6 is 0 Å². The largest absolute Gasteiger partial charge is 0.309 e. The van der Waals surface area contributed by atoms with Gasteiger partial charge in [-0.3, -0.25) is 0 Å². The molecule has 0 saturated carbocycles. The number of hydrogen-bond acceptors (Lipinski definition) is 0. The van der Waals surface area contributed by atoms with Gasteiger partial charge in [-0.15, -0.1) is 0 Å². The van der Waals surface area contributed by atoms with E-state index in [0.717, 1.165) is 11.4 Å². The quantitative estimate of drug-likeness (QED) is 0.177. The lowest BCUT2D eigenvalue weighted by atomic mass is 10.0. The van der Waals surface area contributed by atoms with E-state index in [9.17, 15) is 0 Å². The van der Waals surface area contributed by atoms with E-state index in [-0.39, 0.29) is 0 Å². The Hall–Kier alpha value is -6.38. The van der Waals surface area contributed by atoms with Crippen LogP contribution in [0.15, 0.2) is 194 Å². The second kappa shape index (κ2) is 11.8. The molecule has 0 aliphatic rings. The van der Waals surface area contributed by atoms with Gasteiger partial charge < -0.3 is 9.13 Å². The van der Waals surface area contributed by atoms with Crippen LogP contribution in [0.25, 0.3) is 77.9 Å². The van der Waals surface area contributed by atoms with Gasteiger partial charge in [0.25, 0.3) is 0 Å². The van der Waals surface area contributed by atoms with E-state index >= 15 is 0 Å². The van der Waals surface area contributed by atoms with Crippen LogP contribution in [0.4, 0.5) is 0 Å². The maximum Gasteiger partial charge on any atom is 0.0541 e. The Kier molecular flexibility index (Phi) is 6.84. The van der Waals surface area contributed by atoms with Crippen molar-refractivity contribution in [2.24, 2.45) is 0 Å². The summed E-state index contributed by atoms with van der Waals surface area (Å²) in [5.74, 6) is 0. The number of aromatic nitrogens is 2. The van der Waals surface area contributed by atoms with Crippen molar-refractivity contribution in [2.45, 2.75) is 0 Å². The van der Waals surface area contributed by atoms with Crippen LogP contribution in [0, 0.1) is 0 Å². The summed E-state index contributed by atoms with van der Waals surface area (Å²) in [6, 6.07) is 69.9. The number of rotatable bonds is 6. The molecule has 9 rings (SSSR count). The fourth-order valence-corrected chi connectivity index (χ4v) is 6.97. The van der Waals surface area contributed by atoms with Crippen molar-refractivity contribution in [3.63, 3.8) is 0 Å². The van der Waals surface area contributed by atoms with Gasteiger partial charge in [-0.2, -0.15) is 0 Å². The van der Waals surface area contributed by atoms with E-state index in [0.29, 0.717) is 0 Å². The molecule has 2 nitrogen and oxygen atoms in total. The summed E-state index contributed by atoms with van der Waals surface area (Å²) < 4.78 is 4.79. The summed E-state index contributed by atoms with van der Waals surface area (Å²) in [5, 5.41) is 2.43. The second-order valence-electron chi connectivity index (χ2n) is 12.3. The van der Waals surface area contributed by atoms with Gasteiger partial charge in [-0.1, -0.05) is 146 Å². The molecule has 0 aliphatic carbocycles. The van der Waals surface area contributed by atoms with E-state index in [1.807, 2.05) is 0 Å². The Bertz CT molecular complexity index is 2510. The lowest BCUT2D eigenvalue weighted by molar-refractivity contribution is 1.13. The van der Waals surface area contributed by atoms with Crippen molar-refractivity contribution >= 4 is 21.8 Å². The van der Waals surface area contributed by atoms with Crippen LogP contribution in [0.3, 0.4) is 0 Å². The van der Waals surface area contributed by atoms with Gasteiger partial charge in [-0.05, 0) is 81.9 Å². The molecule has 0 radical (unpaired) electrons. The summed E-state index contributed by atoms with van der Waals surface area (Å²) in [6.07, 6.45) is 0. The van der Waals surface area contributed by atoms with Gasteiger partial charge in [0.2, 0.25) is 0 Å². The van der Waals surface area contributed by atoms with Crippen LogP contribution in [0.5, 0.6) is 0 Å². The minimum absolute atomic E-state index is 1.14. The lowest BCUT2D eigenvalue weighted by Gasteiger charge is -2.14. The molecule has 0 atom stereocenters. The van der Waals surface area contributed by atoms with Gasteiger partial charge in [0.05, 0.1) is 22.4 Å². The number of nitrogens with zero attached hydrogens (tertiary/aromatic N) is 2. The second-order valence-corrected chi connectivity index (χ2v) is 12.3. The standard InChI is InChI=1S/C46H32N2/c1-5-13-33(14-6-1)34-25-27-42(28-26-34)48-44(36-17-9-3-10-18-36)32-40-24-22-38(30-46(40)48)37-21-23-39-31-43(35-15-7-2-8-16-35)47(45(39)29-37)41-19-11-4-12-20-41/h1-32H. The van der Waals surface area contributed by atoms with Crippen molar-refractivity contribution in [1.82, 2.24) is 9.13 Å². The van der Waals surface area contributed by atoms with Gasteiger partial charge >= 0.3 is 0 Å². The van der Waals surface area contributed by atoms with E-state index in [4.69, 9.17) is 0 Å². The van der Waals surface area contributed by atoms with E-state index in [2.05, 4.69) is 203 Å². The molecule has 2 aromatic heterocycles. The third-order valence-corrected chi connectivity index (χ3v) is 9.33. The smallest absolute Gasteiger partial charge is 0.0541 e. The number of para-hydroxylation sites is 1. The summed E-state index contributed by atoms with van der Waals surface area (Å²) in [5.41, 5.74) is 14.2. The first-order valence-corrected chi connectivity index (χ1v) is 16.4. The van der Waals surface area contributed by atoms with Gasteiger partial charge in [0.1, 0.15) is 0 Å². The van der Waals surface area contributed by atoms with Crippen LogP contribution in [0.2, 0.25) is 0 Å². The Labute approximate surface area is 280 Å². The van der Waals surface area contributed by atoms with Crippen molar-refractivity contribution in [3.05, 3.63) is 194 Å². The van der Waals surface area contributed by atoms with Crippen LogP contribution in [-0.4, -0.2) is 9.13 Å². The first-order valence-electron chi connectivity index (χ1n) is 16.4. The molecule has 0 N–H and O–H groups in total. The minimum Gasteiger partial charge on any atom is -0.309 e. The summed E-state index contributed by atoms with van der Waals surface area (Å²) in [4.78, 5) is 0.